The quantitative estimate of drug-likeness (QED) is 0.610. The SMILES string of the molecule is CC(C)(C)OC(=O)NC[C@]1(c2cccc(Cl)c2)CC[C@H](N2CCn3c(nnc3C(F)(F)F)C2)CC1. The molecule has 11 heteroatoms. The Hall–Kier alpha value is -2.33. The molecule has 1 saturated carbocycles. The molecule has 192 valence electrons. The van der Waals surface area contributed by atoms with Crippen molar-refractivity contribution in [2.75, 3.05) is 13.1 Å². The van der Waals surface area contributed by atoms with Crippen molar-refractivity contribution in [3.63, 3.8) is 0 Å². The van der Waals surface area contributed by atoms with Crippen molar-refractivity contribution in [2.45, 2.75) is 82.8 Å². The highest BCUT2D eigenvalue weighted by Gasteiger charge is 2.42. The third kappa shape index (κ3) is 5.91. The summed E-state index contributed by atoms with van der Waals surface area (Å²) in [6.45, 7) is 6.95. The molecule has 2 aliphatic rings. The van der Waals surface area contributed by atoms with Gasteiger partial charge in [-0.25, -0.2) is 4.79 Å². The van der Waals surface area contributed by atoms with E-state index < -0.39 is 23.7 Å². The lowest BCUT2D eigenvalue weighted by molar-refractivity contribution is -0.148. The van der Waals surface area contributed by atoms with E-state index in [1.165, 1.54) is 4.57 Å². The third-order valence-electron chi connectivity index (χ3n) is 6.87. The first-order valence-electron chi connectivity index (χ1n) is 11.8. The molecule has 7 nitrogen and oxygen atoms in total. The normalized spacial score (nSPS) is 23.6. The van der Waals surface area contributed by atoms with E-state index in [1.807, 2.05) is 45.0 Å². The maximum absolute atomic E-state index is 13.2. The number of aromatic nitrogens is 3. The molecule has 1 N–H and O–H groups in total. The first kappa shape index (κ1) is 25.8. The summed E-state index contributed by atoms with van der Waals surface area (Å²) in [7, 11) is 0. The van der Waals surface area contributed by atoms with Crippen molar-refractivity contribution in [1.29, 1.82) is 0 Å². The van der Waals surface area contributed by atoms with Gasteiger partial charge in [0.25, 0.3) is 0 Å². The van der Waals surface area contributed by atoms with E-state index in [-0.39, 0.29) is 18.0 Å². The molecule has 0 bridgehead atoms. The highest BCUT2D eigenvalue weighted by Crippen LogP contribution is 2.42. The van der Waals surface area contributed by atoms with Crippen LogP contribution in [0.15, 0.2) is 24.3 Å². The van der Waals surface area contributed by atoms with Crippen LogP contribution >= 0.6 is 11.6 Å². The number of nitrogens with one attached hydrogen (secondary N) is 1. The highest BCUT2D eigenvalue weighted by atomic mass is 35.5. The number of halogens is 4. The van der Waals surface area contributed by atoms with Gasteiger partial charge in [-0.2, -0.15) is 13.2 Å². The number of hydrogen-bond acceptors (Lipinski definition) is 5. The lowest BCUT2D eigenvalue weighted by Crippen LogP contribution is -2.49. The van der Waals surface area contributed by atoms with Crippen LogP contribution in [0.5, 0.6) is 0 Å². The van der Waals surface area contributed by atoms with Crippen molar-refractivity contribution in [2.24, 2.45) is 0 Å². The Morgan fingerprint density at radius 3 is 2.54 bits per heavy atom. The van der Waals surface area contributed by atoms with E-state index in [4.69, 9.17) is 16.3 Å². The smallest absolute Gasteiger partial charge is 0.444 e. The van der Waals surface area contributed by atoms with Crippen LogP contribution in [-0.2, 0) is 29.4 Å². The summed E-state index contributed by atoms with van der Waals surface area (Å²) in [4.78, 5) is 14.6. The average Bonchev–Trinajstić information content (AvgIpc) is 3.21. The molecular weight excluding hydrogens is 483 g/mol. The van der Waals surface area contributed by atoms with Crippen molar-refractivity contribution >= 4 is 17.7 Å². The van der Waals surface area contributed by atoms with E-state index >= 15 is 0 Å². The summed E-state index contributed by atoms with van der Waals surface area (Å²) < 4.78 is 46.1. The first-order chi connectivity index (χ1) is 16.4. The van der Waals surface area contributed by atoms with Crippen LogP contribution in [0.25, 0.3) is 0 Å². The standard InChI is InChI=1S/C24H31ClF3N5O2/c1-22(2,3)35-21(34)29-15-23(16-5-4-6-17(25)13-16)9-7-18(8-10-23)32-11-12-33-19(14-32)30-31-20(33)24(26,27)28/h4-6,13,18H,7-12,14-15H2,1-3H3,(H,29,34)/t18-,23-. The Morgan fingerprint density at radius 1 is 1.20 bits per heavy atom. The van der Waals surface area contributed by atoms with E-state index in [0.717, 1.165) is 31.2 Å². The van der Waals surface area contributed by atoms with E-state index in [0.29, 0.717) is 30.5 Å². The predicted molar refractivity (Wildman–Crippen MR) is 125 cm³/mol. The van der Waals surface area contributed by atoms with E-state index in [2.05, 4.69) is 20.4 Å². The predicted octanol–water partition coefficient (Wildman–Crippen LogP) is 5.17. The number of fused-ring (bicyclic) bond motifs is 1. The molecule has 0 atom stereocenters. The molecule has 1 aromatic carbocycles. The summed E-state index contributed by atoms with van der Waals surface area (Å²) in [5.41, 5.74) is 0.163. The summed E-state index contributed by atoms with van der Waals surface area (Å²) >= 11 is 6.29. The minimum absolute atomic E-state index is 0.212. The zero-order valence-corrected chi connectivity index (χ0v) is 20.9. The Balaban J connectivity index is 1.46. The van der Waals surface area contributed by atoms with Gasteiger partial charge in [0, 0.05) is 36.1 Å². The fourth-order valence-corrected chi connectivity index (χ4v) is 5.35. The van der Waals surface area contributed by atoms with Crippen LogP contribution in [0.1, 0.15) is 63.7 Å². The summed E-state index contributed by atoms with van der Waals surface area (Å²) in [6.07, 6.45) is -1.70. The molecule has 0 spiro atoms. The van der Waals surface area contributed by atoms with Crippen molar-refractivity contribution < 1.29 is 22.7 Å². The lowest BCUT2D eigenvalue weighted by atomic mass is 9.67. The van der Waals surface area contributed by atoms with Crippen molar-refractivity contribution in [3.05, 3.63) is 46.5 Å². The van der Waals surface area contributed by atoms with Gasteiger partial charge >= 0.3 is 12.3 Å². The number of alkyl halides is 3. The van der Waals surface area contributed by atoms with Crippen LogP contribution in [0, 0.1) is 0 Å². The average molecular weight is 514 g/mol. The van der Waals surface area contributed by atoms with Gasteiger partial charge in [0.05, 0.1) is 6.54 Å². The number of carbonyl (C=O) groups is 1. The fraction of sp³-hybridized carbons (Fsp3) is 0.625. The minimum Gasteiger partial charge on any atom is -0.444 e. The fourth-order valence-electron chi connectivity index (χ4n) is 5.16. The zero-order valence-electron chi connectivity index (χ0n) is 20.2. The van der Waals surface area contributed by atoms with Crippen LogP contribution in [-0.4, -0.2) is 50.5 Å². The molecule has 0 unspecified atom stereocenters. The molecule has 4 rings (SSSR count). The second-order valence-electron chi connectivity index (χ2n) is 10.4. The van der Waals surface area contributed by atoms with Gasteiger partial charge in [-0.15, -0.1) is 10.2 Å². The van der Waals surface area contributed by atoms with Gasteiger partial charge in [-0.05, 0) is 64.2 Å². The number of carbonyl (C=O) groups excluding carboxylic acids is 1. The molecule has 1 fully saturated rings. The monoisotopic (exact) mass is 513 g/mol. The highest BCUT2D eigenvalue weighted by molar-refractivity contribution is 6.30. The van der Waals surface area contributed by atoms with E-state index in [1.54, 1.807) is 0 Å². The third-order valence-corrected chi connectivity index (χ3v) is 7.11. The first-order valence-corrected chi connectivity index (χ1v) is 12.2. The van der Waals surface area contributed by atoms with Gasteiger partial charge in [-0.3, -0.25) is 4.90 Å². The van der Waals surface area contributed by atoms with Gasteiger partial charge < -0.3 is 14.6 Å². The Labute approximate surface area is 208 Å². The van der Waals surface area contributed by atoms with Crippen molar-refractivity contribution in [1.82, 2.24) is 25.0 Å². The molecule has 0 saturated heterocycles. The van der Waals surface area contributed by atoms with Crippen molar-refractivity contribution in [3.8, 4) is 0 Å². The largest absolute Gasteiger partial charge is 0.451 e. The number of ether oxygens (including phenoxy) is 1. The van der Waals surface area contributed by atoms with E-state index in [9.17, 15) is 18.0 Å². The summed E-state index contributed by atoms with van der Waals surface area (Å²) in [5.74, 6) is -0.578. The van der Waals surface area contributed by atoms with Gasteiger partial charge in [0.1, 0.15) is 11.4 Å². The number of hydrogen-bond donors (Lipinski definition) is 1. The molecule has 1 aliphatic heterocycles. The van der Waals surface area contributed by atoms with Crippen LogP contribution in [0.4, 0.5) is 18.0 Å². The van der Waals surface area contributed by atoms with Crippen LogP contribution in [0.2, 0.25) is 5.02 Å². The molecule has 2 aromatic rings. The van der Waals surface area contributed by atoms with Crippen LogP contribution in [0.3, 0.4) is 0 Å². The van der Waals surface area contributed by atoms with Gasteiger partial charge in [-0.1, -0.05) is 23.7 Å². The van der Waals surface area contributed by atoms with Gasteiger partial charge in [0.2, 0.25) is 5.82 Å². The molecule has 1 aliphatic carbocycles. The molecule has 1 amide bonds. The number of rotatable bonds is 4. The summed E-state index contributed by atoms with van der Waals surface area (Å²) in [6, 6.07) is 7.93. The number of nitrogens with zero attached hydrogens (tertiary/aromatic N) is 4. The minimum atomic E-state index is -4.50. The second-order valence-corrected chi connectivity index (χ2v) is 10.9. The topological polar surface area (TPSA) is 72.3 Å². The lowest BCUT2D eigenvalue weighted by Gasteiger charge is -2.45. The zero-order chi connectivity index (χ0) is 25.4. The molecule has 2 heterocycles. The molecule has 0 radical (unpaired) electrons. The maximum atomic E-state index is 13.2. The number of alkyl carbamates (subject to hydrolysis) is 1. The Bertz CT molecular complexity index is 1060. The van der Waals surface area contributed by atoms with Gasteiger partial charge in [0.15, 0.2) is 0 Å². The van der Waals surface area contributed by atoms with Crippen LogP contribution < -0.4 is 5.32 Å². The number of amides is 1. The summed E-state index contributed by atoms with van der Waals surface area (Å²) in [5, 5.41) is 10.8. The Kier molecular flexibility index (Phi) is 7.07. The second kappa shape index (κ2) is 9.61. The Morgan fingerprint density at radius 2 is 1.91 bits per heavy atom. The molecular formula is C24H31ClF3N5O2. The maximum Gasteiger partial charge on any atom is 0.451 e. The number of benzene rings is 1. The molecule has 1 aromatic heterocycles. The molecule has 35 heavy (non-hydrogen) atoms.